The number of nitrogens with one attached hydrogen (secondary N) is 1. The van der Waals surface area contributed by atoms with Crippen LogP contribution in [0.4, 0.5) is 13.2 Å². The summed E-state index contributed by atoms with van der Waals surface area (Å²) in [5.74, 6) is -0.849. The van der Waals surface area contributed by atoms with E-state index in [0.29, 0.717) is 48.7 Å². The van der Waals surface area contributed by atoms with Crippen molar-refractivity contribution >= 4 is 23.2 Å². The van der Waals surface area contributed by atoms with Gasteiger partial charge in [0.1, 0.15) is 5.01 Å². The van der Waals surface area contributed by atoms with Gasteiger partial charge in [0, 0.05) is 30.1 Å². The number of hydrogen-bond acceptors (Lipinski definition) is 7. The third-order valence-electron chi connectivity index (χ3n) is 6.18. The Hall–Kier alpha value is -3.32. The standard InChI is InChI=1S/C23H26F3N7O2S/c1-14-17(3-2-9-33(14)22(35)18-12-32(10-8-27)31-30-18)21(34)28-11-20-29-19(13-36-20)15-4-6-16(7-5-15)23(24,25)26/h4-7,12-14,17H,2-3,8-11,27H2,1H3,(H,28,34)/t14?,17-/m0/s1. The highest BCUT2D eigenvalue weighted by atomic mass is 32.1. The Bertz CT molecular complexity index is 1210. The molecule has 1 aliphatic rings. The highest BCUT2D eigenvalue weighted by Crippen LogP contribution is 2.31. The number of piperidine rings is 1. The van der Waals surface area contributed by atoms with Gasteiger partial charge in [-0.1, -0.05) is 17.3 Å². The topological polar surface area (TPSA) is 119 Å². The van der Waals surface area contributed by atoms with Crippen molar-refractivity contribution in [2.45, 2.75) is 45.1 Å². The second-order valence-electron chi connectivity index (χ2n) is 8.56. The number of carbonyl (C=O) groups is 2. The first-order valence-electron chi connectivity index (χ1n) is 11.5. The molecule has 0 radical (unpaired) electrons. The van der Waals surface area contributed by atoms with Crippen molar-refractivity contribution in [2.75, 3.05) is 13.1 Å². The minimum atomic E-state index is -4.39. The molecular weight excluding hydrogens is 495 g/mol. The van der Waals surface area contributed by atoms with Crippen molar-refractivity contribution in [3.8, 4) is 11.3 Å². The SMILES string of the molecule is CC1[C@@H](C(=O)NCc2nc(-c3ccc(C(F)(F)F)cc3)cs2)CCCN1C(=O)c1cn(CCN)nn1. The molecular formula is C23H26F3N7O2S. The maximum atomic E-state index is 13.0. The Balaban J connectivity index is 1.35. The van der Waals surface area contributed by atoms with Crippen LogP contribution in [-0.4, -0.2) is 55.8 Å². The van der Waals surface area contributed by atoms with Crippen LogP contribution in [0.15, 0.2) is 35.8 Å². The molecule has 2 aromatic heterocycles. The molecule has 9 nitrogen and oxygen atoms in total. The van der Waals surface area contributed by atoms with Crippen LogP contribution < -0.4 is 11.1 Å². The number of benzene rings is 1. The Morgan fingerprint density at radius 3 is 2.69 bits per heavy atom. The number of thiazole rings is 1. The zero-order valence-electron chi connectivity index (χ0n) is 19.5. The van der Waals surface area contributed by atoms with Gasteiger partial charge in [0.05, 0.1) is 36.5 Å². The molecule has 0 bridgehead atoms. The van der Waals surface area contributed by atoms with Gasteiger partial charge < -0.3 is 16.0 Å². The highest BCUT2D eigenvalue weighted by molar-refractivity contribution is 7.09. The minimum absolute atomic E-state index is 0.182. The van der Waals surface area contributed by atoms with Gasteiger partial charge in [0.15, 0.2) is 5.69 Å². The Morgan fingerprint density at radius 2 is 2.00 bits per heavy atom. The predicted molar refractivity (Wildman–Crippen MR) is 127 cm³/mol. The first-order valence-corrected chi connectivity index (χ1v) is 12.4. The molecule has 1 saturated heterocycles. The fraction of sp³-hybridized carbons (Fsp3) is 0.435. The van der Waals surface area contributed by atoms with E-state index < -0.39 is 17.7 Å². The van der Waals surface area contributed by atoms with Gasteiger partial charge in [-0.2, -0.15) is 13.2 Å². The maximum absolute atomic E-state index is 13.0. The van der Waals surface area contributed by atoms with Gasteiger partial charge >= 0.3 is 6.18 Å². The predicted octanol–water partition coefficient (Wildman–Crippen LogP) is 2.94. The lowest BCUT2D eigenvalue weighted by Gasteiger charge is -2.38. The van der Waals surface area contributed by atoms with Crippen LogP contribution in [0.25, 0.3) is 11.3 Å². The molecule has 1 fully saturated rings. The first kappa shape index (κ1) is 25.8. The summed E-state index contributed by atoms with van der Waals surface area (Å²) in [7, 11) is 0. The number of nitrogens with zero attached hydrogens (tertiary/aromatic N) is 5. The molecule has 36 heavy (non-hydrogen) atoms. The third-order valence-corrected chi connectivity index (χ3v) is 7.02. The number of carbonyl (C=O) groups excluding carboxylic acids is 2. The van der Waals surface area contributed by atoms with Gasteiger partial charge in [0.2, 0.25) is 5.91 Å². The zero-order valence-corrected chi connectivity index (χ0v) is 20.3. The molecule has 3 N–H and O–H groups in total. The van der Waals surface area contributed by atoms with Gasteiger partial charge in [-0.05, 0) is 31.9 Å². The van der Waals surface area contributed by atoms with Gasteiger partial charge in [-0.25, -0.2) is 4.98 Å². The number of halogens is 3. The lowest BCUT2D eigenvalue weighted by atomic mass is 9.89. The van der Waals surface area contributed by atoms with E-state index in [4.69, 9.17) is 5.73 Å². The average Bonchev–Trinajstić information content (AvgIpc) is 3.52. The number of rotatable bonds is 7. The zero-order chi connectivity index (χ0) is 25.9. The summed E-state index contributed by atoms with van der Waals surface area (Å²) < 4.78 is 39.9. The fourth-order valence-electron chi connectivity index (χ4n) is 4.21. The van der Waals surface area contributed by atoms with Crippen LogP contribution in [-0.2, 0) is 24.1 Å². The van der Waals surface area contributed by atoms with E-state index in [1.165, 1.54) is 28.2 Å². The summed E-state index contributed by atoms with van der Waals surface area (Å²) in [5, 5.41) is 13.1. The molecule has 0 saturated carbocycles. The van der Waals surface area contributed by atoms with Crippen molar-refractivity contribution in [2.24, 2.45) is 11.7 Å². The largest absolute Gasteiger partial charge is 0.416 e. The molecule has 1 aliphatic heterocycles. The van der Waals surface area contributed by atoms with Crippen LogP contribution in [0.5, 0.6) is 0 Å². The second kappa shape index (κ2) is 10.7. The number of aromatic nitrogens is 4. The lowest BCUT2D eigenvalue weighted by Crippen LogP contribution is -2.51. The molecule has 1 aromatic carbocycles. The highest BCUT2D eigenvalue weighted by Gasteiger charge is 2.36. The van der Waals surface area contributed by atoms with Crippen molar-refractivity contribution in [3.05, 3.63) is 52.1 Å². The monoisotopic (exact) mass is 521 g/mol. The molecule has 13 heteroatoms. The Morgan fingerprint density at radius 1 is 1.25 bits per heavy atom. The van der Waals surface area contributed by atoms with E-state index in [-0.39, 0.29) is 30.1 Å². The molecule has 2 amide bonds. The summed E-state index contributed by atoms with van der Waals surface area (Å²) in [6.07, 6.45) is -1.51. The minimum Gasteiger partial charge on any atom is -0.349 e. The van der Waals surface area contributed by atoms with E-state index in [0.717, 1.165) is 12.1 Å². The van der Waals surface area contributed by atoms with E-state index in [2.05, 4.69) is 20.6 Å². The lowest BCUT2D eigenvalue weighted by molar-refractivity contribution is -0.137. The number of likely N-dealkylation sites (tertiary alicyclic amines) is 1. The Labute approximate surface area is 209 Å². The molecule has 2 atom stereocenters. The molecule has 0 spiro atoms. The van der Waals surface area contributed by atoms with Crippen LogP contribution in [0.1, 0.15) is 40.8 Å². The summed E-state index contributed by atoms with van der Waals surface area (Å²) >= 11 is 1.31. The summed E-state index contributed by atoms with van der Waals surface area (Å²) in [5.41, 5.74) is 6.12. The second-order valence-corrected chi connectivity index (χ2v) is 9.51. The fourth-order valence-corrected chi connectivity index (χ4v) is 4.96. The van der Waals surface area contributed by atoms with Crippen LogP contribution in [0.2, 0.25) is 0 Å². The number of amides is 2. The summed E-state index contributed by atoms with van der Waals surface area (Å²) in [6.45, 7) is 3.39. The number of nitrogens with two attached hydrogens (primary N) is 1. The molecule has 3 aromatic rings. The third kappa shape index (κ3) is 5.73. The smallest absolute Gasteiger partial charge is 0.349 e. The number of hydrogen-bond donors (Lipinski definition) is 2. The average molecular weight is 522 g/mol. The van der Waals surface area contributed by atoms with Gasteiger partial charge in [0.25, 0.3) is 5.91 Å². The van der Waals surface area contributed by atoms with Gasteiger partial charge in [-0.15, -0.1) is 16.4 Å². The molecule has 1 unspecified atom stereocenters. The van der Waals surface area contributed by atoms with Crippen molar-refractivity contribution in [3.63, 3.8) is 0 Å². The van der Waals surface area contributed by atoms with Crippen LogP contribution >= 0.6 is 11.3 Å². The molecule has 4 rings (SSSR count). The quantitative estimate of drug-likeness (QED) is 0.494. The van der Waals surface area contributed by atoms with Crippen LogP contribution in [0.3, 0.4) is 0 Å². The van der Waals surface area contributed by atoms with Crippen molar-refractivity contribution in [1.82, 2.24) is 30.2 Å². The van der Waals surface area contributed by atoms with E-state index in [9.17, 15) is 22.8 Å². The normalized spacial score (nSPS) is 18.3. The summed E-state index contributed by atoms with van der Waals surface area (Å²) in [4.78, 5) is 32.0. The van der Waals surface area contributed by atoms with E-state index in [1.807, 2.05) is 6.92 Å². The first-order chi connectivity index (χ1) is 17.2. The van der Waals surface area contributed by atoms with E-state index in [1.54, 1.807) is 16.5 Å². The summed E-state index contributed by atoms with van der Waals surface area (Å²) in [6, 6.07) is 4.47. The van der Waals surface area contributed by atoms with Crippen molar-refractivity contribution in [1.29, 1.82) is 0 Å². The van der Waals surface area contributed by atoms with E-state index >= 15 is 0 Å². The Kier molecular flexibility index (Phi) is 7.69. The molecule has 0 aliphatic carbocycles. The number of alkyl halides is 3. The molecule has 192 valence electrons. The molecule has 3 heterocycles. The maximum Gasteiger partial charge on any atom is 0.416 e. The van der Waals surface area contributed by atoms with Gasteiger partial charge in [-0.3, -0.25) is 14.3 Å². The van der Waals surface area contributed by atoms with Crippen LogP contribution in [0, 0.1) is 5.92 Å². The van der Waals surface area contributed by atoms with Crippen molar-refractivity contribution < 1.29 is 22.8 Å².